The average Bonchev–Trinajstić information content (AvgIpc) is 2.76. The summed E-state index contributed by atoms with van der Waals surface area (Å²) in [6, 6.07) is 2.28. The van der Waals surface area contributed by atoms with Crippen molar-refractivity contribution < 1.29 is 0 Å². The normalized spacial score (nSPS) is 13.2. The van der Waals surface area contributed by atoms with Gasteiger partial charge in [0.15, 0.2) is 0 Å². The Morgan fingerprint density at radius 1 is 1.26 bits per heavy atom. The van der Waals surface area contributed by atoms with Gasteiger partial charge < -0.3 is 5.32 Å². The number of rotatable bonds is 9. The van der Waals surface area contributed by atoms with Gasteiger partial charge in [-0.2, -0.15) is 5.10 Å². The Kier molecular flexibility index (Phi) is 7.14. The molecule has 0 aliphatic carbocycles. The van der Waals surface area contributed by atoms with Crippen LogP contribution in [-0.4, -0.2) is 22.9 Å². The van der Waals surface area contributed by atoms with Crippen LogP contribution in [0.5, 0.6) is 0 Å². The molecule has 3 nitrogen and oxygen atoms in total. The van der Waals surface area contributed by atoms with Crippen molar-refractivity contribution in [2.75, 3.05) is 13.1 Å². The fourth-order valence-corrected chi connectivity index (χ4v) is 2.32. The number of hydrogen-bond acceptors (Lipinski definition) is 2. The second-order valence-corrected chi connectivity index (χ2v) is 5.99. The highest BCUT2D eigenvalue weighted by molar-refractivity contribution is 5.11. The molecular formula is C16H31N3. The molecule has 0 aliphatic rings. The maximum Gasteiger partial charge on any atom is 0.0624 e. The van der Waals surface area contributed by atoms with Crippen molar-refractivity contribution >= 4 is 0 Å². The van der Waals surface area contributed by atoms with Gasteiger partial charge in [0.1, 0.15) is 0 Å². The molecule has 1 N–H and O–H groups in total. The molecule has 1 heterocycles. The van der Waals surface area contributed by atoms with Crippen LogP contribution in [0.4, 0.5) is 0 Å². The van der Waals surface area contributed by atoms with Gasteiger partial charge in [0.2, 0.25) is 0 Å². The molecule has 1 rings (SSSR count). The van der Waals surface area contributed by atoms with Crippen LogP contribution in [0.2, 0.25) is 0 Å². The highest BCUT2D eigenvalue weighted by atomic mass is 15.3. The minimum Gasteiger partial charge on any atom is -0.316 e. The molecule has 0 amide bonds. The first kappa shape index (κ1) is 16.2. The molecule has 3 heteroatoms. The van der Waals surface area contributed by atoms with Crippen LogP contribution in [-0.2, 0) is 19.4 Å². The lowest BCUT2D eigenvalue weighted by atomic mass is 10.0. The van der Waals surface area contributed by atoms with Crippen molar-refractivity contribution in [1.29, 1.82) is 0 Å². The highest BCUT2D eigenvalue weighted by Gasteiger charge is 2.10. The minimum atomic E-state index is 0.714. The first-order valence-electron chi connectivity index (χ1n) is 7.83. The fraction of sp³-hybridized carbons (Fsp3) is 0.812. The highest BCUT2D eigenvalue weighted by Crippen LogP contribution is 2.13. The zero-order valence-corrected chi connectivity index (χ0v) is 13.4. The Hall–Kier alpha value is -0.830. The third kappa shape index (κ3) is 5.77. The third-order valence-electron chi connectivity index (χ3n) is 3.50. The van der Waals surface area contributed by atoms with Crippen molar-refractivity contribution in [1.82, 2.24) is 15.1 Å². The van der Waals surface area contributed by atoms with E-state index in [0.717, 1.165) is 38.4 Å². The predicted octanol–water partition coefficient (Wildman–Crippen LogP) is 3.28. The molecule has 1 aromatic rings. The predicted molar refractivity (Wildman–Crippen MR) is 82.5 cm³/mol. The summed E-state index contributed by atoms with van der Waals surface area (Å²) in [5, 5.41) is 8.14. The van der Waals surface area contributed by atoms with Crippen molar-refractivity contribution in [3.8, 4) is 0 Å². The Balaban J connectivity index is 2.38. The average molecular weight is 265 g/mol. The lowest BCUT2D eigenvalue weighted by molar-refractivity contribution is 0.460. The van der Waals surface area contributed by atoms with Gasteiger partial charge in [-0.3, -0.25) is 4.68 Å². The minimum absolute atomic E-state index is 0.714. The zero-order chi connectivity index (χ0) is 14.3. The molecule has 0 fully saturated rings. The molecule has 0 aromatic carbocycles. The summed E-state index contributed by atoms with van der Waals surface area (Å²) < 4.78 is 2.16. The van der Waals surface area contributed by atoms with Crippen LogP contribution < -0.4 is 5.32 Å². The van der Waals surface area contributed by atoms with Crippen molar-refractivity contribution in [2.45, 2.75) is 60.4 Å². The van der Waals surface area contributed by atoms with E-state index in [4.69, 9.17) is 0 Å². The molecule has 0 radical (unpaired) electrons. The van der Waals surface area contributed by atoms with Gasteiger partial charge in [-0.1, -0.05) is 27.7 Å². The largest absolute Gasteiger partial charge is 0.316 e. The van der Waals surface area contributed by atoms with E-state index < -0.39 is 0 Å². The SMILES string of the molecule is CCc1cc(CC(C)CCNCC(C)C)n(CC)n1. The number of nitrogens with one attached hydrogen (secondary N) is 1. The maximum atomic E-state index is 4.62. The summed E-state index contributed by atoms with van der Waals surface area (Å²) in [5.74, 6) is 1.45. The van der Waals surface area contributed by atoms with Crippen molar-refractivity contribution in [3.63, 3.8) is 0 Å². The summed E-state index contributed by atoms with van der Waals surface area (Å²) in [5.41, 5.74) is 2.62. The van der Waals surface area contributed by atoms with Crippen LogP contribution in [0.3, 0.4) is 0 Å². The lowest BCUT2D eigenvalue weighted by Gasteiger charge is -2.13. The summed E-state index contributed by atoms with van der Waals surface area (Å²) in [4.78, 5) is 0. The van der Waals surface area contributed by atoms with Crippen LogP contribution in [0.25, 0.3) is 0 Å². The second-order valence-electron chi connectivity index (χ2n) is 5.99. The lowest BCUT2D eigenvalue weighted by Crippen LogP contribution is -2.22. The standard InChI is InChI=1S/C16H31N3/c1-6-15-11-16(19(7-2)18-15)10-14(5)8-9-17-12-13(3)4/h11,13-14,17H,6-10,12H2,1-5H3. The number of nitrogens with zero attached hydrogens (tertiary/aromatic N) is 2. The molecule has 110 valence electrons. The van der Waals surface area contributed by atoms with E-state index in [1.165, 1.54) is 17.8 Å². The first-order valence-corrected chi connectivity index (χ1v) is 7.83. The molecule has 1 unspecified atom stereocenters. The third-order valence-corrected chi connectivity index (χ3v) is 3.50. The molecule has 0 bridgehead atoms. The number of aromatic nitrogens is 2. The number of hydrogen-bond donors (Lipinski definition) is 1. The number of aryl methyl sites for hydroxylation is 2. The first-order chi connectivity index (χ1) is 9.06. The molecule has 0 saturated heterocycles. The van der Waals surface area contributed by atoms with Gasteiger partial charge in [0.05, 0.1) is 5.69 Å². The van der Waals surface area contributed by atoms with Crippen LogP contribution in [0, 0.1) is 11.8 Å². The fourth-order valence-electron chi connectivity index (χ4n) is 2.32. The van der Waals surface area contributed by atoms with Gasteiger partial charge in [-0.15, -0.1) is 0 Å². The van der Waals surface area contributed by atoms with E-state index in [1.54, 1.807) is 0 Å². The Labute approximate surface area is 118 Å². The summed E-state index contributed by atoms with van der Waals surface area (Å²) in [7, 11) is 0. The summed E-state index contributed by atoms with van der Waals surface area (Å²) >= 11 is 0. The molecule has 0 spiro atoms. The summed E-state index contributed by atoms with van der Waals surface area (Å²) in [6.45, 7) is 14.4. The van der Waals surface area contributed by atoms with E-state index in [2.05, 4.69) is 55.8 Å². The van der Waals surface area contributed by atoms with Gasteiger partial charge in [0.25, 0.3) is 0 Å². The van der Waals surface area contributed by atoms with E-state index in [9.17, 15) is 0 Å². The van der Waals surface area contributed by atoms with E-state index in [1.807, 2.05) is 0 Å². The Bertz CT molecular complexity index is 355. The molecule has 1 aromatic heterocycles. The molecular weight excluding hydrogens is 234 g/mol. The Morgan fingerprint density at radius 3 is 2.58 bits per heavy atom. The van der Waals surface area contributed by atoms with Crippen molar-refractivity contribution in [3.05, 3.63) is 17.5 Å². The Morgan fingerprint density at radius 2 is 2.00 bits per heavy atom. The van der Waals surface area contributed by atoms with Crippen LogP contribution in [0.15, 0.2) is 6.07 Å². The van der Waals surface area contributed by atoms with E-state index in [-0.39, 0.29) is 0 Å². The topological polar surface area (TPSA) is 29.9 Å². The van der Waals surface area contributed by atoms with E-state index >= 15 is 0 Å². The quantitative estimate of drug-likeness (QED) is 0.694. The second kappa shape index (κ2) is 8.36. The van der Waals surface area contributed by atoms with Gasteiger partial charge in [-0.05, 0) is 57.2 Å². The molecule has 0 aliphatic heterocycles. The monoisotopic (exact) mass is 265 g/mol. The maximum absolute atomic E-state index is 4.62. The zero-order valence-electron chi connectivity index (χ0n) is 13.4. The summed E-state index contributed by atoms with van der Waals surface area (Å²) in [6.07, 6.45) is 3.41. The van der Waals surface area contributed by atoms with Gasteiger partial charge in [-0.25, -0.2) is 0 Å². The van der Waals surface area contributed by atoms with Crippen molar-refractivity contribution in [2.24, 2.45) is 11.8 Å². The van der Waals surface area contributed by atoms with Gasteiger partial charge in [0, 0.05) is 12.2 Å². The molecule has 1 atom stereocenters. The molecule has 0 saturated carbocycles. The van der Waals surface area contributed by atoms with Crippen LogP contribution in [0.1, 0.15) is 52.4 Å². The van der Waals surface area contributed by atoms with Crippen LogP contribution >= 0.6 is 0 Å². The molecule has 19 heavy (non-hydrogen) atoms. The smallest absolute Gasteiger partial charge is 0.0624 e. The van der Waals surface area contributed by atoms with Gasteiger partial charge >= 0.3 is 0 Å². The van der Waals surface area contributed by atoms with E-state index in [0.29, 0.717) is 5.92 Å².